The topological polar surface area (TPSA) is 52.0 Å². The van der Waals surface area contributed by atoms with Crippen molar-refractivity contribution in [3.05, 3.63) is 57.0 Å². The minimum Gasteiger partial charge on any atom is -0.380 e. The molecule has 1 aromatic heterocycles. The Morgan fingerprint density at radius 3 is 2.57 bits per heavy atom. The molecule has 0 amide bonds. The maximum absolute atomic E-state index is 6.06. The van der Waals surface area contributed by atoms with Gasteiger partial charge in [-0.15, -0.1) is 0 Å². The first-order valence-corrected chi connectivity index (χ1v) is 7.57. The molecule has 1 heterocycles. The normalized spacial score (nSPS) is 10.8. The van der Waals surface area contributed by atoms with Gasteiger partial charge >= 0.3 is 0 Å². The molecule has 0 fully saturated rings. The van der Waals surface area contributed by atoms with E-state index in [4.69, 9.17) is 33.5 Å². The van der Waals surface area contributed by atoms with Crippen molar-refractivity contribution in [1.82, 2.24) is 5.16 Å². The molecule has 0 unspecified atom stereocenters. The number of nitrogen functional groups attached to an aromatic ring is 1. The molecule has 3 aromatic rings. The predicted octanol–water partition coefficient (Wildman–Crippen LogP) is 5.66. The van der Waals surface area contributed by atoms with Crippen molar-refractivity contribution in [3.63, 3.8) is 0 Å². The van der Waals surface area contributed by atoms with Gasteiger partial charge in [0.1, 0.15) is 0 Å². The van der Waals surface area contributed by atoms with Crippen molar-refractivity contribution in [2.75, 3.05) is 5.73 Å². The average Bonchev–Trinajstić information content (AvgIpc) is 2.83. The summed E-state index contributed by atoms with van der Waals surface area (Å²) in [5, 5.41) is 5.08. The molecule has 0 atom stereocenters. The molecule has 6 heteroatoms. The molecular formula is C15H9BrCl2N2O. The molecule has 2 N–H and O–H groups in total. The van der Waals surface area contributed by atoms with E-state index in [9.17, 15) is 0 Å². The monoisotopic (exact) mass is 382 g/mol. The first kappa shape index (κ1) is 14.4. The van der Waals surface area contributed by atoms with Crippen LogP contribution in [0.1, 0.15) is 0 Å². The van der Waals surface area contributed by atoms with Crippen LogP contribution >= 0.6 is 39.1 Å². The Balaban J connectivity index is 2.24. The quantitative estimate of drug-likeness (QED) is 0.621. The van der Waals surface area contributed by atoms with Crippen molar-refractivity contribution in [3.8, 4) is 22.5 Å². The maximum atomic E-state index is 6.06. The third kappa shape index (κ3) is 2.79. The zero-order valence-electron chi connectivity index (χ0n) is 10.6. The van der Waals surface area contributed by atoms with E-state index in [2.05, 4.69) is 21.1 Å². The van der Waals surface area contributed by atoms with Gasteiger partial charge in [-0.3, -0.25) is 0 Å². The molecule has 0 aliphatic rings. The first-order chi connectivity index (χ1) is 10.1. The van der Waals surface area contributed by atoms with E-state index in [1.165, 1.54) is 0 Å². The fraction of sp³-hybridized carbons (Fsp3) is 0. The average molecular weight is 384 g/mol. The summed E-state index contributed by atoms with van der Waals surface area (Å²) in [6.45, 7) is 0. The van der Waals surface area contributed by atoms with Crippen molar-refractivity contribution in [1.29, 1.82) is 0 Å². The highest BCUT2D eigenvalue weighted by atomic mass is 79.9. The zero-order chi connectivity index (χ0) is 15.0. The number of nitrogens with two attached hydrogens (primary N) is 1. The van der Waals surface area contributed by atoms with Gasteiger partial charge in [0, 0.05) is 20.1 Å². The Labute approximate surface area is 139 Å². The molecule has 0 spiro atoms. The minimum absolute atomic E-state index is 0.305. The van der Waals surface area contributed by atoms with Gasteiger partial charge in [0.25, 0.3) is 0 Å². The lowest BCUT2D eigenvalue weighted by Crippen LogP contribution is -1.89. The summed E-state index contributed by atoms with van der Waals surface area (Å²) in [7, 11) is 0. The van der Waals surface area contributed by atoms with Crippen LogP contribution < -0.4 is 5.73 Å². The van der Waals surface area contributed by atoms with E-state index in [1.54, 1.807) is 18.2 Å². The molecule has 0 saturated heterocycles. The van der Waals surface area contributed by atoms with E-state index in [0.717, 1.165) is 15.6 Å². The predicted molar refractivity (Wildman–Crippen MR) is 89.5 cm³/mol. The molecule has 21 heavy (non-hydrogen) atoms. The second-order valence-electron chi connectivity index (χ2n) is 4.41. The number of aromatic nitrogens is 1. The van der Waals surface area contributed by atoms with Gasteiger partial charge < -0.3 is 10.3 Å². The van der Waals surface area contributed by atoms with Crippen molar-refractivity contribution < 1.29 is 4.52 Å². The second kappa shape index (κ2) is 5.72. The van der Waals surface area contributed by atoms with Crippen LogP contribution in [-0.4, -0.2) is 5.16 Å². The summed E-state index contributed by atoms with van der Waals surface area (Å²) >= 11 is 15.6. The molecular weight excluding hydrogens is 375 g/mol. The number of hydrogen-bond acceptors (Lipinski definition) is 3. The molecule has 3 nitrogen and oxygen atoms in total. The summed E-state index contributed by atoms with van der Waals surface area (Å²) < 4.78 is 6.24. The first-order valence-electron chi connectivity index (χ1n) is 6.03. The summed E-state index contributed by atoms with van der Waals surface area (Å²) in [5.41, 5.74) is 8.26. The SMILES string of the molecule is Nc1noc(-c2cc(Cl)ccc2Br)c1-c1cccc(Cl)c1. The number of benzene rings is 2. The number of anilines is 1. The lowest BCUT2D eigenvalue weighted by atomic mass is 10.0. The standard InChI is InChI=1S/C15H9BrCl2N2O/c16-12-5-4-10(18)7-11(12)14-13(15(19)20-21-14)8-2-1-3-9(17)6-8/h1-7H,(H2,19,20). The lowest BCUT2D eigenvalue weighted by Gasteiger charge is -2.06. The third-order valence-corrected chi connectivity index (χ3v) is 4.17. The highest BCUT2D eigenvalue weighted by Gasteiger charge is 2.20. The van der Waals surface area contributed by atoms with Gasteiger partial charge in [0.2, 0.25) is 0 Å². The number of hydrogen-bond donors (Lipinski definition) is 1. The van der Waals surface area contributed by atoms with Crippen LogP contribution in [-0.2, 0) is 0 Å². The Hall–Kier alpha value is -1.49. The number of halogens is 3. The Morgan fingerprint density at radius 1 is 1.05 bits per heavy atom. The fourth-order valence-corrected chi connectivity index (χ4v) is 2.87. The Kier molecular flexibility index (Phi) is 3.93. The molecule has 0 bridgehead atoms. The van der Waals surface area contributed by atoms with Gasteiger partial charge in [-0.2, -0.15) is 0 Å². The molecule has 3 rings (SSSR count). The third-order valence-electron chi connectivity index (χ3n) is 3.00. The number of nitrogens with zero attached hydrogens (tertiary/aromatic N) is 1. The van der Waals surface area contributed by atoms with E-state index < -0.39 is 0 Å². The van der Waals surface area contributed by atoms with Crippen LogP contribution in [0.25, 0.3) is 22.5 Å². The van der Waals surface area contributed by atoms with Crippen molar-refractivity contribution >= 4 is 44.9 Å². The molecule has 106 valence electrons. The maximum Gasteiger partial charge on any atom is 0.178 e. The largest absolute Gasteiger partial charge is 0.380 e. The van der Waals surface area contributed by atoms with E-state index in [-0.39, 0.29) is 0 Å². The summed E-state index contributed by atoms with van der Waals surface area (Å²) in [5.74, 6) is 0.850. The van der Waals surface area contributed by atoms with Gasteiger partial charge in [0.15, 0.2) is 11.6 Å². The fourth-order valence-electron chi connectivity index (χ4n) is 2.08. The van der Waals surface area contributed by atoms with Gasteiger partial charge in [0.05, 0.1) is 5.56 Å². The van der Waals surface area contributed by atoms with E-state index in [0.29, 0.717) is 27.2 Å². The summed E-state index contributed by atoms with van der Waals surface area (Å²) in [4.78, 5) is 0. The highest BCUT2D eigenvalue weighted by molar-refractivity contribution is 9.10. The molecule has 2 aromatic carbocycles. The van der Waals surface area contributed by atoms with Gasteiger partial charge in [-0.05, 0) is 35.9 Å². The minimum atomic E-state index is 0.305. The molecule has 0 aliphatic heterocycles. The lowest BCUT2D eigenvalue weighted by molar-refractivity contribution is 0.436. The van der Waals surface area contributed by atoms with E-state index in [1.807, 2.05) is 24.3 Å². The van der Waals surface area contributed by atoms with Gasteiger partial charge in [-0.1, -0.05) is 56.4 Å². The Bertz CT molecular complexity index is 817. The van der Waals surface area contributed by atoms with Crippen LogP contribution in [0, 0.1) is 0 Å². The van der Waals surface area contributed by atoms with Crippen LogP contribution in [0.3, 0.4) is 0 Å². The Morgan fingerprint density at radius 2 is 1.81 bits per heavy atom. The highest BCUT2D eigenvalue weighted by Crippen LogP contribution is 2.40. The summed E-state index contributed by atoms with van der Waals surface area (Å²) in [6, 6.07) is 12.8. The smallest absolute Gasteiger partial charge is 0.178 e. The van der Waals surface area contributed by atoms with Crippen LogP contribution in [0.4, 0.5) is 5.82 Å². The van der Waals surface area contributed by atoms with Crippen molar-refractivity contribution in [2.45, 2.75) is 0 Å². The number of rotatable bonds is 2. The van der Waals surface area contributed by atoms with E-state index >= 15 is 0 Å². The molecule has 0 aliphatic carbocycles. The zero-order valence-corrected chi connectivity index (χ0v) is 13.7. The van der Waals surface area contributed by atoms with Gasteiger partial charge in [-0.25, -0.2) is 0 Å². The second-order valence-corrected chi connectivity index (χ2v) is 6.13. The van der Waals surface area contributed by atoms with Crippen LogP contribution in [0.15, 0.2) is 51.5 Å². The summed E-state index contributed by atoms with van der Waals surface area (Å²) in [6.07, 6.45) is 0. The van der Waals surface area contributed by atoms with Crippen LogP contribution in [0.5, 0.6) is 0 Å². The van der Waals surface area contributed by atoms with Crippen LogP contribution in [0.2, 0.25) is 10.0 Å². The molecule has 0 saturated carbocycles. The molecule has 0 radical (unpaired) electrons. The van der Waals surface area contributed by atoms with Crippen molar-refractivity contribution in [2.24, 2.45) is 0 Å².